The first kappa shape index (κ1) is 19.2. The summed E-state index contributed by atoms with van der Waals surface area (Å²) in [5, 5.41) is 2.54. The van der Waals surface area contributed by atoms with Crippen molar-refractivity contribution in [2.75, 3.05) is 18.7 Å². The Morgan fingerprint density at radius 3 is 2.70 bits per heavy atom. The lowest BCUT2D eigenvalue weighted by Crippen LogP contribution is -2.21. The van der Waals surface area contributed by atoms with E-state index in [0.29, 0.717) is 22.6 Å². The van der Waals surface area contributed by atoms with E-state index >= 15 is 0 Å². The van der Waals surface area contributed by atoms with E-state index in [2.05, 4.69) is 10.3 Å². The summed E-state index contributed by atoms with van der Waals surface area (Å²) in [6, 6.07) is 10.2. The lowest BCUT2D eigenvalue weighted by atomic mass is 10.1. The Morgan fingerprint density at radius 1 is 1.17 bits per heavy atom. The molecule has 30 heavy (non-hydrogen) atoms. The fourth-order valence-electron chi connectivity index (χ4n) is 2.81. The Hall–Kier alpha value is -4.14. The molecule has 1 aliphatic rings. The number of rotatable bonds is 6. The molecule has 4 rings (SSSR count). The lowest BCUT2D eigenvalue weighted by Gasteiger charge is -2.10. The Bertz CT molecular complexity index is 1150. The van der Waals surface area contributed by atoms with E-state index < -0.39 is 18.5 Å². The fourth-order valence-corrected chi connectivity index (χ4v) is 2.81. The van der Waals surface area contributed by atoms with Crippen LogP contribution in [0.1, 0.15) is 23.2 Å². The van der Waals surface area contributed by atoms with Crippen LogP contribution in [0.3, 0.4) is 0 Å². The van der Waals surface area contributed by atoms with Gasteiger partial charge in [-0.2, -0.15) is 0 Å². The zero-order valence-corrected chi connectivity index (χ0v) is 15.8. The van der Waals surface area contributed by atoms with E-state index in [1.165, 1.54) is 25.1 Å². The minimum Gasteiger partial charge on any atom is -0.454 e. The van der Waals surface area contributed by atoms with Crippen molar-refractivity contribution in [1.29, 1.82) is 0 Å². The molecule has 2 heterocycles. The molecule has 0 saturated carbocycles. The van der Waals surface area contributed by atoms with Crippen LogP contribution in [0.2, 0.25) is 0 Å². The zero-order chi connectivity index (χ0) is 21.1. The molecule has 1 amide bonds. The van der Waals surface area contributed by atoms with Gasteiger partial charge < -0.3 is 23.9 Å². The minimum absolute atomic E-state index is 0.0358. The van der Waals surface area contributed by atoms with E-state index in [-0.39, 0.29) is 29.7 Å². The summed E-state index contributed by atoms with van der Waals surface area (Å²) in [5.74, 6) is -0.543. The molecule has 0 spiro atoms. The average Bonchev–Trinajstić information content (AvgIpc) is 3.35. The third-order valence-corrected chi connectivity index (χ3v) is 4.18. The second-order valence-corrected chi connectivity index (χ2v) is 6.32. The third-order valence-electron chi connectivity index (χ3n) is 4.18. The van der Waals surface area contributed by atoms with Crippen LogP contribution in [0.15, 0.2) is 46.9 Å². The number of hydrogen-bond acceptors (Lipinski definition) is 8. The maximum absolute atomic E-state index is 12.2. The van der Waals surface area contributed by atoms with Crippen molar-refractivity contribution < 1.29 is 33.0 Å². The second kappa shape index (κ2) is 8.08. The van der Waals surface area contributed by atoms with Crippen molar-refractivity contribution in [3.63, 3.8) is 0 Å². The summed E-state index contributed by atoms with van der Waals surface area (Å²) in [6.07, 6.45) is 2.46. The zero-order valence-electron chi connectivity index (χ0n) is 15.8. The van der Waals surface area contributed by atoms with Crippen LogP contribution in [0.5, 0.6) is 11.5 Å². The van der Waals surface area contributed by atoms with Gasteiger partial charge in [0.15, 0.2) is 29.5 Å². The largest absolute Gasteiger partial charge is 0.454 e. The molecule has 1 N–H and O–H groups in total. The summed E-state index contributed by atoms with van der Waals surface area (Å²) in [5.41, 5.74) is 1.76. The fraction of sp³-hybridized carbons (Fsp3) is 0.143. The number of Topliss-reactive ketones (excluding diaryl/α,β-unsaturated/α-hetero) is 1. The van der Waals surface area contributed by atoms with Crippen LogP contribution in [-0.2, 0) is 14.3 Å². The molecule has 9 nitrogen and oxygen atoms in total. The highest BCUT2D eigenvalue weighted by molar-refractivity contribution is 6.05. The SMILES string of the molecule is CC(=O)c1cc2c(cc1NC(=O)COC(=O)/C=C/c1nc3ccccc3o1)OCO2. The highest BCUT2D eigenvalue weighted by atomic mass is 16.7. The van der Waals surface area contributed by atoms with Gasteiger partial charge in [0.2, 0.25) is 12.7 Å². The predicted molar refractivity (Wildman–Crippen MR) is 105 cm³/mol. The highest BCUT2D eigenvalue weighted by Gasteiger charge is 2.20. The van der Waals surface area contributed by atoms with Gasteiger partial charge in [-0.05, 0) is 25.1 Å². The van der Waals surface area contributed by atoms with Crippen molar-refractivity contribution in [2.24, 2.45) is 0 Å². The smallest absolute Gasteiger partial charge is 0.331 e. The van der Waals surface area contributed by atoms with Gasteiger partial charge in [-0.1, -0.05) is 12.1 Å². The van der Waals surface area contributed by atoms with Crippen molar-refractivity contribution >= 4 is 40.5 Å². The van der Waals surface area contributed by atoms with E-state index in [4.69, 9.17) is 18.6 Å². The molecule has 1 aliphatic heterocycles. The number of ketones is 1. The minimum atomic E-state index is -0.745. The number of carbonyl (C=O) groups is 3. The number of nitrogens with zero attached hydrogens (tertiary/aromatic N) is 1. The topological polar surface area (TPSA) is 117 Å². The van der Waals surface area contributed by atoms with E-state index in [1.807, 2.05) is 12.1 Å². The van der Waals surface area contributed by atoms with Crippen LogP contribution in [-0.4, -0.2) is 36.0 Å². The maximum Gasteiger partial charge on any atom is 0.331 e. The standard InChI is InChI=1S/C21H16N2O7/c1-12(24)13-8-17-18(29-11-28-17)9-15(13)22-19(25)10-27-21(26)7-6-20-23-14-4-2-3-5-16(14)30-20/h2-9H,10-11H2,1H3,(H,22,25)/b7-6+. The van der Waals surface area contributed by atoms with Crippen molar-refractivity contribution in [3.8, 4) is 11.5 Å². The number of oxazole rings is 1. The van der Waals surface area contributed by atoms with Gasteiger partial charge in [-0.25, -0.2) is 9.78 Å². The molecule has 0 radical (unpaired) electrons. The van der Waals surface area contributed by atoms with Crippen LogP contribution >= 0.6 is 0 Å². The normalized spacial score (nSPS) is 12.3. The highest BCUT2D eigenvalue weighted by Crippen LogP contribution is 2.37. The summed E-state index contributed by atoms with van der Waals surface area (Å²) < 4.78 is 20.9. The molecule has 0 atom stereocenters. The first-order valence-electron chi connectivity index (χ1n) is 8.94. The summed E-state index contributed by atoms with van der Waals surface area (Å²) >= 11 is 0. The van der Waals surface area contributed by atoms with E-state index in [0.717, 1.165) is 6.08 Å². The van der Waals surface area contributed by atoms with Gasteiger partial charge in [0.1, 0.15) is 5.52 Å². The number of amides is 1. The predicted octanol–water partition coefficient (Wildman–Crippen LogP) is 2.95. The number of benzene rings is 2. The van der Waals surface area contributed by atoms with Gasteiger partial charge in [-0.15, -0.1) is 0 Å². The van der Waals surface area contributed by atoms with Crippen LogP contribution in [0.4, 0.5) is 5.69 Å². The number of ether oxygens (including phenoxy) is 3. The molecule has 3 aromatic rings. The van der Waals surface area contributed by atoms with Crippen LogP contribution < -0.4 is 14.8 Å². The first-order chi connectivity index (χ1) is 14.5. The molecule has 152 valence electrons. The Balaban J connectivity index is 1.35. The van der Waals surface area contributed by atoms with Gasteiger partial charge in [0.25, 0.3) is 5.91 Å². The van der Waals surface area contributed by atoms with Gasteiger partial charge in [0.05, 0.1) is 5.69 Å². The molecular weight excluding hydrogens is 392 g/mol. The number of esters is 1. The summed E-state index contributed by atoms with van der Waals surface area (Å²) in [4.78, 5) is 40.1. The number of fused-ring (bicyclic) bond motifs is 2. The molecule has 0 aliphatic carbocycles. The molecule has 9 heteroatoms. The van der Waals surface area contributed by atoms with E-state index in [9.17, 15) is 14.4 Å². The van der Waals surface area contributed by atoms with Gasteiger partial charge in [-0.3, -0.25) is 9.59 Å². The van der Waals surface area contributed by atoms with Crippen LogP contribution in [0, 0.1) is 0 Å². The molecule has 1 aromatic heterocycles. The van der Waals surface area contributed by atoms with Crippen molar-refractivity contribution in [1.82, 2.24) is 4.98 Å². The maximum atomic E-state index is 12.2. The molecular formula is C21H16N2O7. The molecule has 0 bridgehead atoms. The lowest BCUT2D eigenvalue weighted by molar-refractivity contribution is -0.142. The average molecular weight is 408 g/mol. The van der Waals surface area contributed by atoms with Crippen LogP contribution in [0.25, 0.3) is 17.2 Å². The first-order valence-corrected chi connectivity index (χ1v) is 8.94. The number of carbonyl (C=O) groups excluding carboxylic acids is 3. The molecule has 0 saturated heterocycles. The molecule has 2 aromatic carbocycles. The monoisotopic (exact) mass is 408 g/mol. The number of nitrogens with one attached hydrogen (secondary N) is 1. The number of anilines is 1. The van der Waals surface area contributed by atoms with Gasteiger partial charge in [0, 0.05) is 23.8 Å². The molecule has 0 unspecified atom stereocenters. The van der Waals surface area contributed by atoms with E-state index in [1.54, 1.807) is 12.1 Å². The number of aromatic nitrogens is 1. The second-order valence-electron chi connectivity index (χ2n) is 6.32. The number of para-hydroxylation sites is 2. The van der Waals surface area contributed by atoms with Crippen molar-refractivity contribution in [2.45, 2.75) is 6.92 Å². The Morgan fingerprint density at radius 2 is 1.93 bits per heavy atom. The third kappa shape index (κ3) is 4.14. The Kier molecular flexibility index (Phi) is 5.17. The van der Waals surface area contributed by atoms with Crippen molar-refractivity contribution in [3.05, 3.63) is 53.9 Å². The molecule has 0 fully saturated rings. The summed E-state index contributed by atoms with van der Waals surface area (Å²) in [6.45, 7) is 0.862. The quantitative estimate of drug-likeness (QED) is 0.376. The van der Waals surface area contributed by atoms with Gasteiger partial charge >= 0.3 is 5.97 Å². The summed E-state index contributed by atoms with van der Waals surface area (Å²) in [7, 11) is 0. The Labute approximate surface area is 170 Å². The number of hydrogen-bond donors (Lipinski definition) is 1.